The molecule has 0 N–H and O–H groups in total. The first kappa shape index (κ1) is 20.6. The lowest BCUT2D eigenvalue weighted by atomic mass is 9.96. The SMILES string of the molecule is CCN(CC)C(C)OC(=O)C(C)c1ccc2c(c1)CC(=O)c1ccccc1S2. The van der Waals surface area contributed by atoms with Crippen molar-refractivity contribution in [2.45, 2.75) is 56.1 Å². The van der Waals surface area contributed by atoms with Crippen molar-refractivity contribution in [2.75, 3.05) is 13.1 Å². The van der Waals surface area contributed by atoms with E-state index in [1.165, 1.54) is 0 Å². The summed E-state index contributed by atoms with van der Waals surface area (Å²) in [7, 11) is 0. The summed E-state index contributed by atoms with van der Waals surface area (Å²) in [5.74, 6) is -0.506. The van der Waals surface area contributed by atoms with Gasteiger partial charge in [-0.2, -0.15) is 0 Å². The molecule has 0 spiro atoms. The number of esters is 1. The molecule has 0 amide bonds. The van der Waals surface area contributed by atoms with E-state index in [4.69, 9.17) is 4.74 Å². The average molecular weight is 398 g/mol. The summed E-state index contributed by atoms with van der Waals surface area (Å²) in [6.45, 7) is 9.53. The van der Waals surface area contributed by atoms with Crippen molar-refractivity contribution in [3.05, 3.63) is 59.2 Å². The number of hydrogen-bond donors (Lipinski definition) is 0. The van der Waals surface area contributed by atoms with Crippen molar-refractivity contribution in [1.82, 2.24) is 4.90 Å². The molecule has 1 heterocycles. The van der Waals surface area contributed by atoms with E-state index in [-0.39, 0.29) is 23.9 Å². The third-order valence-corrected chi connectivity index (χ3v) is 6.50. The summed E-state index contributed by atoms with van der Waals surface area (Å²) in [5, 5.41) is 0. The number of nitrogens with zero attached hydrogens (tertiary/aromatic N) is 1. The molecule has 3 rings (SSSR count). The fourth-order valence-electron chi connectivity index (χ4n) is 3.50. The quantitative estimate of drug-likeness (QED) is 0.512. The highest BCUT2D eigenvalue weighted by Gasteiger charge is 2.25. The van der Waals surface area contributed by atoms with Crippen molar-refractivity contribution < 1.29 is 14.3 Å². The van der Waals surface area contributed by atoms with Gasteiger partial charge in [-0.3, -0.25) is 14.5 Å². The van der Waals surface area contributed by atoms with Crippen molar-refractivity contribution in [2.24, 2.45) is 0 Å². The van der Waals surface area contributed by atoms with Gasteiger partial charge in [0.05, 0.1) is 5.92 Å². The van der Waals surface area contributed by atoms with Gasteiger partial charge in [0.2, 0.25) is 0 Å². The third kappa shape index (κ3) is 4.31. The van der Waals surface area contributed by atoms with Crippen LogP contribution in [0.1, 0.15) is 55.1 Å². The maximum absolute atomic E-state index is 12.7. The zero-order valence-corrected chi connectivity index (χ0v) is 17.7. The molecule has 2 atom stereocenters. The molecule has 2 unspecified atom stereocenters. The largest absolute Gasteiger partial charge is 0.446 e. The van der Waals surface area contributed by atoms with E-state index in [2.05, 4.69) is 18.7 Å². The van der Waals surface area contributed by atoms with Gasteiger partial charge in [-0.25, -0.2) is 0 Å². The lowest BCUT2D eigenvalue weighted by Gasteiger charge is -2.27. The summed E-state index contributed by atoms with van der Waals surface area (Å²) in [6.07, 6.45) is 0.0996. The molecule has 5 heteroatoms. The van der Waals surface area contributed by atoms with Crippen LogP contribution >= 0.6 is 11.8 Å². The Labute approximate surface area is 171 Å². The second kappa shape index (κ2) is 8.93. The molecule has 0 aromatic heterocycles. The zero-order chi connectivity index (χ0) is 20.3. The van der Waals surface area contributed by atoms with Crippen LogP contribution in [0.5, 0.6) is 0 Å². The Kier molecular flexibility index (Phi) is 6.57. The molecule has 1 aliphatic heterocycles. The lowest BCUT2D eigenvalue weighted by Crippen LogP contribution is -2.37. The first-order valence-corrected chi connectivity index (χ1v) is 10.6. The maximum Gasteiger partial charge on any atom is 0.314 e. The van der Waals surface area contributed by atoms with E-state index in [9.17, 15) is 9.59 Å². The van der Waals surface area contributed by atoms with Crippen LogP contribution in [0.15, 0.2) is 52.3 Å². The molecular formula is C23H27NO3S. The zero-order valence-electron chi connectivity index (χ0n) is 16.9. The van der Waals surface area contributed by atoms with E-state index >= 15 is 0 Å². The van der Waals surface area contributed by atoms with E-state index in [0.29, 0.717) is 6.42 Å². The van der Waals surface area contributed by atoms with Crippen LogP contribution in [0.2, 0.25) is 0 Å². The fraction of sp³-hybridized carbons (Fsp3) is 0.391. The first-order chi connectivity index (χ1) is 13.4. The summed E-state index contributed by atoms with van der Waals surface area (Å²) in [6, 6.07) is 13.7. The Balaban J connectivity index is 1.79. The number of ether oxygens (including phenoxy) is 1. The van der Waals surface area contributed by atoms with E-state index in [0.717, 1.165) is 39.6 Å². The molecule has 0 saturated heterocycles. The van der Waals surface area contributed by atoms with Gasteiger partial charge in [-0.1, -0.05) is 55.9 Å². The van der Waals surface area contributed by atoms with Crippen LogP contribution in [-0.4, -0.2) is 36.0 Å². The molecule has 2 aromatic carbocycles. The normalized spacial score (nSPS) is 15.4. The van der Waals surface area contributed by atoms with Crippen molar-refractivity contribution in [3.8, 4) is 0 Å². The van der Waals surface area contributed by atoms with Crippen LogP contribution in [0.3, 0.4) is 0 Å². The molecule has 2 aromatic rings. The van der Waals surface area contributed by atoms with Crippen molar-refractivity contribution in [1.29, 1.82) is 0 Å². The second-order valence-electron chi connectivity index (χ2n) is 7.04. The number of rotatable bonds is 6. The Morgan fingerprint density at radius 3 is 2.54 bits per heavy atom. The highest BCUT2D eigenvalue weighted by Crippen LogP contribution is 2.38. The molecule has 1 aliphatic rings. The Bertz CT molecular complexity index is 876. The summed E-state index contributed by atoms with van der Waals surface area (Å²) in [5.41, 5.74) is 2.63. The minimum Gasteiger partial charge on any atom is -0.446 e. The summed E-state index contributed by atoms with van der Waals surface area (Å²) >= 11 is 1.61. The molecule has 4 nitrogen and oxygen atoms in total. The van der Waals surface area contributed by atoms with Crippen LogP contribution in [0.4, 0.5) is 0 Å². The van der Waals surface area contributed by atoms with Gasteiger partial charge in [0.1, 0.15) is 0 Å². The molecule has 0 radical (unpaired) electrons. The second-order valence-corrected chi connectivity index (χ2v) is 8.13. The smallest absolute Gasteiger partial charge is 0.314 e. The molecule has 0 aliphatic carbocycles. The predicted molar refractivity (Wildman–Crippen MR) is 112 cm³/mol. The monoisotopic (exact) mass is 397 g/mol. The van der Waals surface area contributed by atoms with Crippen LogP contribution in [-0.2, 0) is 16.0 Å². The Morgan fingerprint density at radius 2 is 1.82 bits per heavy atom. The fourth-order valence-corrected chi connectivity index (χ4v) is 4.57. The number of fused-ring (bicyclic) bond motifs is 2. The van der Waals surface area contributed by atoms with E-state index in [1.807, 2.05) is 56.3 Å². The molecule has 0 fully saturated rings. The number of benzene rings is 2. The van der Waals surface area contributed by atoms with Gasteiger partial charge < -0.3 is 4.74 Å². The minimum absolute atomic E-state index is 0.115. The van der Waals surface area contributed by atoms with Crippen LogP contribution in [0.25, 0.3) is 0 Å². The van der Waals surface area contributed by atoms with Gasteiger partial charge >= 0.3 is 5.97 Å². The van der Waals surface area contributed by atoms with Crippen molar-refractivity contribution in [3.63, 3.8) is 0 Å². The average Bonchev–Trinajstić information content (AvgIpc) is 2.83. The lowest BCUT2D eigenvalue weighted by molar-refractivity contribution is -0.158. The number of carbonyl (C=O) groups excluding carboxylic acids is 2. The van der Waals surface area contributed by atoms with E-state index < -0.39 is 0 Å². The van der Waals surface area contributed by atoms with Gasteiger partial charge in [-0.15, -0.1) is 0 Å². The van der Waals surface area contributed by atoms with Gasteiger partial charge in [-0.05, 0) is 50.2 Å². The Morgan fingerprint density at radius 1 is 1.11 bits per heavy atom. The molecule has 0 bridgehead atoms. The van der Waals surface area contributed by atoms with Crippen LogP contribution in [0, 0.1) is 0 Å². The first-order valence-electron chi connectivity index (χ1n) is 9.82. The van der Waals surface area contributed by atoms with Gasteiger partial charge in [0, 0.05) is 21.8 Å². The number of hydrogen-bond acceptors (Lipinski definition) is 5. The standard InChI is InChI=1S/C23H27NO3S/c1-5-24(6-2)16(4)27-23(26)15(3)17-11-12-21-18(13-17)14-20(25)19-9-7-8-10-22(19)28-21/h7-13,15-16H,5-6,14H2,1-4H3. The molecule has 148 valence electrons. The van der Waals surface area contributed by atoms with Crippen LogP contribution < -0.4 is 0 Å². The van der Waals surface area contributed by atoms with Gasteiger partial charge in [0.25, 0.3) is 0 Å². The molecular weight excluding hydrogens is 370 g/mol. The highest BCUT2D eigenvalue weighted by atomic mass is 32.2. The number of ketones is 1. The topological polar surface area (TPSA) is 46.6 Å². The summed E-state index contributed by atoms with van der Waals surface area (Å²) in [4.78, 5) is 29.5. The minimum atomic E-state index is -0.381. The highest BCUT2D eigenvalue weighted by molar-refractivity contribution is 7.99. The number of carbonyl (C=O) groups is 2. The molecule has 28 heavy (non-hydrogen) atoms. The predicted octanol–water partition coefficient (Wildman–Crippen LogP) is 4.91. The number of Topliss-reactive ketones (excluding diaryl/α,β-unsaturated/α-hetero) is 1. The van der Waals surface area contributed by atoms with Crippen molar-refractivity contribution >= 4 is 23.5 Å². The van der Waals surface area contributed by atoms with E-state index in [1.54, 1.807) is 11.8 Å². The summed E-state index contributed by atoms with van der Waals surface area (Å²) < 4.78 is 5.67. The Hall–Kier alpha value is -2.11. The third-order valence-electron chi connectivity index (χ3n) is 5.31. The maximum atomic E-state index is 12.7. The van der Waals surface area contributed by atoms with Gasteiger partial charge in [0.15, 0.2) is 12.0 Å². The molecule has 0 saturated carbocycles.